The molecule has 0 radical (unpaired) electrons. The summed E-state index contributed by atoms with van der Waals surface area (Å²) in [5.41, 5.74) is 5.03. The molecule has 4 nitrogen and oxygen atoms in total. The van der Waals surface area contributed by atoms with Gasteiger partial charge in [-0.15, -0.1) is 0 Å². The highest BCUT2D eigenvalue weighted by Crippen LogP contribution is 2.30. The predicted molar refractivity (Wildman–Crippen MR) is 77.4 cm³/mol. The number of benzene rings is 1. The lowest BCUT2D eigenvalue weighted by atomic mass is 9.93. The second-order valence-electron chi connectivity index (χ2n) is 5.69. The number of alkyl halides is 3. The molecule has 3 N–H and O–H groups in total. The number of halogens is 3. The molecule has 1 aliphatic rings. The van der Waals surface area contributed by atoms with Gasteiger partial charge in [-0.3, -0.25) is 0 Å². The fourth-order valence-electron chi connectivity index (χ4n) is 2.59. The van der Waals surface area contributed by atoms with Crippen molar-refractivity contribution >= 4 is 10.0 Å². The number of nitrogens with two attached hydrogens (primary N) is 1. The van der Waals surface area contributed by atoms with Gasteiger partial charge in [0.1, 0.15) is 0 Å². The molecule has 0 amide bonds. The molecule has 0 bridgehead atoms. The summed E-state index contributed by atoms with van der Waals surface area (Å²) in [5, 5.41) is 0. The lowest BCUT2D eigenvalue weighted by molar-refractivity contribution is -0.137. The molecule has 124 valence electrons. The van der Waals surface area contributed by atoms with Gasteiger partial charge in [0.25, 0.3) is 0 Å². The molecule has 1 fully saturated rings. The van der Waals surface area contributed by atoms with Gasteiger partial charge in [0.05, 0.1) is 11.3 Å². The van der Waals surface area contributed by atoms with Crippen LogP contribution in [0.25, 0.3) is 0 Å². The van der Waals surface area contributed by atoms with E-state index in [2.05, 4.69) is 4.72 Å². The van der Waals surface area contributed by atoms with Gasteiger partial charge in [-0.25, -0.2) is 13.1 Å². The molecule has 0 atom stereocenters. The van der Waals surface area contributed by atoms with Crippen molar-refractivity contribution < 1.29 is 21.6 Å². The van der Waals surface area contributed by atoms with Crippen LogP contribution in [0.15, 0.2) is 24.3 Å². The maximum atomic E-state index is 12.6. The lowest BCUT2D eigenvalue weighted by Crippen LogP contribution is -2.40. The molecule has 1 aromatic rings. The quantitative estimate of drug-likeness (QED) is 0.887. The van der Waals surface area contributed by atoms with Gasteiger partial charge in [-0.05, 0) is 37.3 Å². The van der Waals surface area contributed by atoms with Gasteiger partial charge >= 0.3 is 6.18 Å². The van der Waals surface area contributed by atoms with Gasteiger partial charge in [0.2, 0.25) is 10.0 Å². The van der Waals surface area contributed by atoms with Crippen molar-refractivity contribution in [1.82, 2.24) is 4.72 Å². The molecule has 2 rings (SSSR count). The molecule has 0 spiro atoms. The van der Waals surface area contributed by atoms with E-state index in [0.717, 1.165) is 25.0 Å². The summed E-state index contributed by atoms with van der Waals surface area (Å²) in [6.45, 7) is 0. The molecule has 0 unspecified atom stereocenters. The van der Waals surface area contributed by atoms with Gasteiger partial charge in [0, 0.05) is 12.1 Å². The molecule has 1 saturated carbocycles. The molecular formula is C14H19F3N2O2S. The van der Waals surface area contributed by atoms with E-state index in [9.17, 15) is 21.6 Å². The van der Waals surface area contributed by atoms with Crippen LogP contribution in [0.1, 0.15) is 36.8 Å². The Bertz CT molecular complexity index is 609. The highest BCUT2D eigenvalue weighted by atomic mass is 32.2. The first-order chi connectivity index (χ1) is 10.2. The summed E-state index contributed by atoms with van der Waals surface area (Å²) < 4.78 is 64.6. The van der Waals surface area contributed by atoms with Crippen LogP contribution < -0.4 is 10.5 Å². The van der Waals surface area contributed by atoms with Crippen LogP contribution in [0.2, 0.25) is 0 Å². The SMILES string of the molecule is NC1CCC(NS(=O)(=O)Cc2cccc(C(F)(F)F)c2)CC1. The van der Waals surface area contributed by atoms with Gasteiger partial charge in [0.15, 0.2) is 0 Å². The average molecular weight is 336 g/mol. The second kappa shape index (κ2) is 6.55. The fraction of sp³-hybridized carbons (Fsp3) is 0.571. The van der Waals surface area contributed by atoms with Gasteiger partial charge in [-0.2, -0.15) is 13.2 Å². The Labute approximate surface area is 127 Å². The fourth-order valence-corrected chi connectivity index (χ4v) is 4.03. The third kappa shape index (κ3) is 4.96. The number of nitrogens with one attached hydrogen (secondary N) is 1. The molecule has 0 aliphatic heterocycles. The van der Waals surface area contributed by atoms with E-state index in [1.807, 2.05) is 0 Å². The van der Waals surface area contributed by atoms with Crippen LogP contribution in [0.4, 0.5) is 13.2 Å². The van der Waals surface area contributed by atoms with Crippen LogP contribution in [0, 0.1) is 0 Å². The van der Waals surface area contributed by atoms with Crippen molar-refractivity contribution in [2.45, 2.75) is 49.7 Å². The Hall–Kier alpha value is -1.12. The summed E-state index contributed by atoms with van der Waals surface area (Å²) in [5.74, 6) is -0.459. The van der Waals surface area contributed by atoms with Crippen LogP contribution in [0.3, 0.4) is 0 Å². The van der Waals surface area contributed by atoms with E-state index in [1.54, 1.807) is 0 Å². The Kier molecular flexibility index (Phi) is 5.14. The first-order valence-corrected chi connectivity index (χ1v) is 8.73. The molecule has 0 saturated heterocycles. The van der Waals surface area contributed by atoms with Crippen molar-refractivity contribution in [3.63, 3.8) is 0 Å². The van der Waals surface area contributed by atoms with E-state index in [0.29, 0.717) is 12.8 Å². The molecule has 0 heterocycles. The van der Waals surface area contributed by atoms with Crippen molar-refractivity contribution in [3.05, 3.63) is 35.4 Å². The Morgan fingerprint density at radius 2 is 1.82 bits per heavy atom. The van der Waals surface area contributed by atoms with Crippen molar-refractivity contribution in [1.29, 1.82) is 0 Å². The second-order valence-corrected chi connectivity index (χ2v) is 7.44. The van der Waals surface area contributed by atoms with E-state index in [-0.39, 0.29) is 17.6 Å². The van der Waals surface area contributed by atoms with Crippen molar-refractivity contribution in [2.24, 2.45) is 5.73 Å². The maximum Gasteiger partial charge on any atom is 0.416 e. The van der Waals surface area contributed by atoms with E-state index >= 15 is 0 Å². The van der Waals surface area contributed by atoms with Crippen molar-refractivity contribution in [2.75, 3.05) is 0 Å². The van der Waals surface area contributed by atoms with Crippen LogP contribution in [0.5, 0.6) is 0 Å². The third-order valence-corrected chi connectivity index (χ3v) is 5.13. The highest BCUT2D eigenvalue weighted by molar-refractivity contribution is 7.88. The monoisotopic (exact) mass is 336 g/mol. The summed E-state index contributed by atoms with van der Waals surface area (Å²) in [6.07, 6.45) is -1.67. The zero-order valence-corrected chi connectivity index (χ0v) is 12.8. The smallest absolute Gasteiger partial charge is 0.328 e. The standard InChI is InChI=1S/C14H19F3N2O2S/c15-14(16,17)11-3-1-2-10(8-11)9-22(20,21)19-13-6-4-12(18)5-7-13/h1-3,8,12-13,19H,4-7,9,18H2. The first kappa shape index (κ1) is 17.2. The van der Waals surface area contributed by atoms with E-state index < -0.39 is 27.5 Å². The zero-order valence-electron chi connectivity index (χ0n) is 11.9. The Morgan fingerprint density at radius 3 is 2.41 bits per heavy atom. The molecule has 1 aromatic carbocycles. The minimum Gasteiger partial charge on any atom is -0.328 e. The minimum absolute atomic E-state index is 0.101. The highest BCUT2D eigenvalue weighted by Gasteiger charge is 2.31. The summed E-state index contributed by atoms with van der Waals surface area (Å²) in [6, 6.07) is 4.31. The lowest BCUT2D eigenvalue weighted by Gasteiger charge is -2.26. The van der Waals surface area contributed by atoms with Crippen LogP contribution in [-0.2, 0) is 22.0 Å². The summed E-state index contributed by atoms with van der Waals surface area (Å²) in [7, 11) is -3.67. The Morgan fingerprint density at radius 1 is 1.18 bits per heavy atom. The van der Waals surface area contributed by atoms with Gasteiger partial charge < -0.3 is 5.73 Å². The number of hydrogen-bond donors (Lipinski definition) is 2. The summed E-state index contributed by atoms with van der Waals surface area (Å²) in [4.78, 5) is 0. The topological polar surface area (TPSA) is 72.2 Å². The largest absolute Gasteiger partial charge is 0.416 e. The van der Waals surface area contributed by atoms with Crippen molar-refractivity contribution in [3.8, 4) is 0 Å². The minimum atomic E-state index is -4.48. The number of hydrogen-bond acceptors (Lipinski definition) is 3. The summed E-state index contributed by atoms with van der Waals surface area (Å²) >= 11 is 0. The first-order valence-electron chi connectivity index (χ1n) is 7.07. The van der Waals surface area contributed by atoms with Gasteiger partial charge in [-0.1, -0.05) is 18.2 Å². The molecule has 0 aromatic heterocycles. The molecule has 8 heteroatoms. The van der Waals surface area contributed by atoms with Crippen LogP contribution in [-0.4, -0.2) is 20.5 Å². The third-order valence-electron chi connectivity index (χ3n) is 3.73. The van der Waals surface area contributed by atoms with Crippen LogP contribution >= 0.6 is 0 Å². The normalized spacial score (nSPS) is 23.5. The average Bonchev–Trinajstić information content (AvgIpc) is 2.40. The molecular weight excluding hydrogens is 317 g/mol. The molecule has 1 aliphatic carbocycles. The zero-order chi connectivity index (χ0) is 16.4. The number of rotatable bonds is 4. The number of sulfonamides is 1. The predicted octanol–water partition coefficient (Wildman–Crippen LogP) is 2.39. The molecule has 22 heavy (non-hydrogen) atoms. The van der Waals surface area contributed by atoms with E-state index in [1.165, 1.54) is 12.1 Å². The Balaban J connectivity index is 2.03. The van der Waals surface area contributed by atoms with E-state index in [4.69, 9.17) is 5.73 Å². The maximum absolute atomic E-state index is 12.6.